The Bertz CT molecular complexity index is 641. The van der Waals surface area contributed by atoms with Crippen LogP contribution in [0, 0.1) is 11.3 Å². The lowest BCUT2D eigenvalue weighted by Crippen LogP contribution is -2.42. The maximum atomic E-state index is 12.2. The van der Waals surface area contributed by atoms with Crippen molar-refractivity contribution in [3.05, 3.63) is 20.8 Å². The number of nitrogens with zero attached hydrogens (tertiary/aromatic N) is 2. The van der Waals surface area contributed by atoms with Crippen molar-refractivity contribution in [3.63, 3.8) is 0 Å². The van der Waals surface area contributed by atoms with Crippen LogP contribution in [-0.2, 0) is 13.6 Å². The highest BCUT2D eigenvalue weighted by molar-refractivity contribution is 5.60. The number of aliphatic hydroxyl groups is 1. The van der Waals surface area contributed by atoms with Gasteiger partial charge in [-0.25, -0.2) is 4.79 Å². The van der Waals surface area contributed by atoms with Gasteiger partial charge in [-0.3, -0.25) is 13.9 Å². The van der Waals surface area contributed by atoms with Crippen LogP contribution in [0.5, 0.6) is 0 Å². The monoisotopic (exact) mass is 296 g/mol. The smallest absolute Gasteiger partial charge is 0.332 e. The molecule has 0 aromatic carbocycles. The van der Waals surface area contributed by atoms with Gasteiger partial charge in [0, 0.05) is 25.6 Å². The van der Waals surface area contributed by atoms with E-state index in [1.807, 2.05) is 13.8 Å². The Morgan fingerprint density at radius 2 is 2.00 bits per heavy atom. The number of nitrogens with two attached hydrogens (primary N) is 1. The van der Waals surface area contributed by atoms with Crippen LogP contribution in [0.1, 0.15) is 26.7 Å². The van der Waals surface area contributed by atoms with Crippen molar-refractivity contribution in [2.75, 3.05) is 24.2 Å². The van der Waals surface area contributed by atoms with E-state index in [0.29, 0.717) is 13.1 Å². The molecule has 21 heavy (non-hydrogen) atoms. The highest BCUT2D eigenvalue weighted by Crippen LogP contribution is 2.44. The molecule has 1 fully saturated rings. The van der Waals surface area contributed by atoms with Crippen molar-refractivity contribution in [3.8, 4) is 0 Å². The zero-order valence-corrected chi connectivity index (χ0v) is 12.8. The molecule has 7 nitrogen and oxygen atoms in total. The van der Waals surface area contributed by atoms with Crippen LogP contribution in [0.25, 0.3) is 0 Å². The topological polar surface area (TPSA) is 102 Å². The fourth-order valence-corrected chi connectivity index (χ4v) is 2.33. The number of aliphatic hydroxyl groups excluding tert-OH is 1. The number of hydrogen-bond acceptors (Lipinski definition) is 5. The number of nitrogens with one attached hydrogen (secondary N) is 1. The van der Waals surface area contributed by atoms with Gasteiger partial charge in [0.05, 0.1) is 6.61 Å². The van der Waals surface area contributed by atoms with Crippen molar-refractivity contribution in [1.82, 2.24) is 9.13 Å². The van der Waals surface area contributed by atoms with Gasteiger partial charge in [0.25, 0.3) is 5.56 Å². The SMILES string of the molecule is CC(C)Cn1c(N)c(NCC2(CO)CC2)c(=O)n(C)c1=O. The Kier molecular flexibility index (Phi) is 4.13. The molecule has 0 saturated heterocycles. The van der Waals surface area contributed by atoms with Crippen LogP contribution in [0.4, 0.5) is 11.5 Å². The first kappa shape index (κ1) is 15.6. The first-order chi connectivity index (χ1) is 9.81. The normalized spacial score (nSPS) is 16.2. The third kappa shape index (κ3) is 2.97. The van der Waals surface area contributed by atoms with Gasteiger partial charge in [0.2, 0.25) is 0 Å². The lowest BCUT2D eigenvalue weighted by Gasteiger charge is -2.19. The molecule has 0 spiro atoms. The van der Waals surface area contributed by atoms with E-state index in [2.05, 4.69) is 5.32 Å². The van der Waals surface area contributed by atoms with Gasteiger partial charge in [0.15, 0.2) is 0 Å². The first-order valence-corrected chi connectivity index (χ1v) is 7.25. The molecule has 0 atom stereocenters. The highest BCUT2D eigenvalue weighted by Gasteiger charge is 2.42. The molecule has 0 amide bonds. The second-order valence-corrected chi connectivity index (χ2v) is 6.42. The molecule has 2 rings (SSSR count). The molecule has 1 aliphatic carbocycles. The molecule has 1 aromatic rings. The van der Waals surface area contributed by atoms with E-state index >= 15 is 0 Å². The summed E-state index contributed by atoms with van der Waals surface area (Å²) >= 11 is 0. The summed E-state index contributed by atoms with van der Waals surface area (Å²) in [7, 11) is 1.45. The van der Waals surface area contributed by atoms with Crippen molar-refractivity contribution in [2.24, 2.45) is 18.4 Å². The van der Waals surface area contributed by atoms with Gasteiger partial charge < -0.3 is 16.2 Å². The number of aromatic nitrogens is 2. The van der Waals surface area contributed by atoms with Gasteiger partial charge in [0.1, 0.15) is 11.5 Å². The molecule has 0 unspecified atom stereocenters. The fraction of sp³-hybridized carbons (Fsp3) is 0.714. The van der Waals surface area contributed by atoms with Crippen LogP contribution in [0.3, 0.4) is 0 Å². The zero-order valence-electron chi connectivity index (χ0n) is 12.8. The van der Waals surface area contributed by atoms with Crippen molar-refractivity contribution < 1.29 is 5.11 Å². The predicted octanol–water partition coefficient (Wildman–Crippen LogP) is -0.0304. The predicted molar refractivity (Wildman–Crippen MR) is 82.4 cm³/mol. The third-order valence-corrected chi connectivity index (χ3v) is 4.06. The molecule has 118 valence electrons. The summed E-state index contributed by atoms with van der Waals surface area (Å²) in [5.41, 5.74) is 5.30. The minimum Gasteiger partial charge on any atom is -0.396 e. The van der Waals surface area contributed by atoms with E-state index in [0.717, 1.165) is 17.4 Å². The van der Waals surface area contributed by atoms with Crippen LogP contribution >= 0.6 is 0 Å². The Morgan fingerprint density at radius 3 is 2.48 bits per heavy atom. The summed E-state index contributed by atoms with van der Waals surface area (Å²) in [6.45, 7) is 5.00. The minimum atomic E-state index is -0.425. The van der Waals surface area contributed by atoms with E-state index in [4.69, 9.17) is 5.73 Å². The van der Waals surface area contributed by atoms with Gasteiger partial charge in [-0.05, 0) is 18.8 Å². The van der Waals surface area contributed by atoms with E-state index in [1.165, 1.54) is 11.6 Å². The second kappa shape index (κ2) is 5.55. The molecule has 1 saturated carbocycles. The summed E-state index contributed by atoms with van der Waals surface area (Å²) in [4.78, 5) is 24.4. The number of rotatable bonds is 6. The summed E-state index contributed by atoms with van der Waals surface area (Å²) in [6, 6.07) is 0. The number of hydrogen-bond donors (Lipinski definition) is 3. The molecule has 4 N–H and O–H groups in total. The lowest BCUT2D eigenvalue weighted by molar-refractivity contribution is 0.219. The van der Waals surface area contributed by atoms with Crippen LogP contribution in [-0.4, -0.2) is 27.4 Å². The first-order valence-electron chi connectivity index (χ1n) is 7.25. The summed E-state index contributed by atoms with van der Waals surface area (Å²) in [6.07, 6.45) is 1.87. The van der Waals surface area contributed by atoms with Crippen LogP contribution in [0.2, 0.25) is 0 Å². The summed E-state index contributed by atoms with van der Waals surface area (Å²) in [5, 5.41) is 12.4. The van der Waals surface area contributed by atoms with E-state index in [9.17, 15) is 14.7 Å². The molecule has 0 aliphatic heterocycles. The largest absolute Gasteiger partial charge is 0.396 e. The second-order valence-electron chi connectivity index (χ2n) is 6.42. The van der Waals surface area contributed by atoms with Gasteiger partial charge in [-0.1, -0.05) is 13.8 Å². The number of nitrogen functional groups attached to an aromatic ring is 1. The standard InChI is InChI=1S/C14H24N4O3/c1-9(2)6-18-11(15)10(12(20)17(3)13(18)21)16-7-14(8-19)4-5-14/h9,16,19H,4-8,15H2,1-3H3. The zero-order chi connectivity index (χ0) is 15.8. The molecular weight excluding hydrogens is 272 g/mol. The Morgan fingerprint density at radius 1 is 1.38 bits per heavy atom. The third-order valence-electron chi connectivity index (χ3n) is 4.06. The van der Waals surface area contributed by atoms with E-state index in [-0.39, 0.29) is 29.4 Å². The quantitative estimate of drug-likeness (QED) is 0.684. The van der Waals surface area contributed by atoms with Crippen molar-refractivity contribution >= 4 is 11.5 Å². The summed E-state index contributed by atoms with van der Waals surface area (Å²) < 4.78 is 2.49. The average Bonchev–Trinajstić information content (AvgIpc) is 3.22. The summed E-state index contributed by atoms with van der Waals surface area (Å²) in [5.74, 6) is 0.410. The Hall–Kier alpha value is -1.76. The minimum absolute atomic E-state index is 0.0891. The highest BCUT2D eigenvalue weighted by atomic mass is 16.3. The molecular formula is C14H24N4O3. The lowest BCUT2D eigenvalue weighted by atomic mass is 10.1. The van der Waals surface area contributed by atoms with E-state index in [1.54, 1.807) is 0 Å². The molecule has 7 heteroatoms. The molecule has 1 aliphatic rings. The van der Waals surface area contributed by atoms with Crippen molar-refractivity contribution in [1.29, 1.82) is 0 Å². The maximum absolute atomic E-state index is 12.2. The van der Waals surface area contributed by atoms with Crippen molar-refractivity contribution in [2.45, 2.75) is 33.2 Å². The van der Waals surface area contributed by atoms with Gasteiger partial charge in [-0.2, -0.15) is 0 Å². The molecule has 0 radical (unpaired) electrons. The van der Waals surface area contributed by atoms with Gasteiger partial charge in [-0.15, -0.1) is 0 Å². The Labute approximate surface area is 123 Å². The molecule has 1 heterocycles. The van der Waals surface area contributed by atoms with Gasteiger partial charge >= 0.3 is 5.69 Å². The fourth-order valence-electron chi connectivity index (χ4n) is 2.33. The van der Waals surface area contributed by atoms with Crippen LogP contribution in [0.15, 0.2) is 9.59 Å². The Balaban J connectivity index is 2.38. The maximum Gasteiger partial charge on any atom is 0.332 e. The average molecular weight is 296 g/mol. The number of anilines is 2. The van der Waals surface area contributed by atoms with Crippen LogP contribution < -0.4 is 22.3 Å². The molecule has 0 bridgehead atoms. The molecule has 1 aromatic heterocycles. The van der Waals surface area contributed by atoms with E-state index < -0.39 is 11.2 Å².